The summed E-state index contributed by atoms with van der Waals surface area (Å²) in [5.41, 5.74) is -0.628. The highest BCUT2D eigenvalue weighted by atomic mass is 32.1. The van der Waals surface area contributed by atoms with E-state index in [1.807, 2.05) is 0 Å². The van der Waals surface area contributed by atoms with Crippen molar-refractivity contribution < 1.29 is 19.8 Å². The van der Waals surface area contributed by atoms with E-state index >= 15 is 0 Å². The Bertz CT molecular complexity index is 1340. The molecule has 3 heterocycles. The van der Waals surface area contributed by atoms with Crippen molar-refractivity contribution in [3.8, 4) is 17.5 Å². The zero-order valence-electron chi connectivity index (χ0n) is 17.7. The first-order valence-electron chi connectivity index (χ1n) is 10.4. The van der Waals surface area contributed by atoms with Crippen LogP contribution in [0.4, 0.5) is 0 Å². The molecule has 1 saturated heterocycles. The molecule has 4 rings (SSSR count). The van der Waals surface area contributed by atoms with Crippen LogP contribution in [0.5, 0.6) is 17.5 Å². The van der Waals surface area contributed by atoms with Crippen LogP contribution in [0, 0.1) is 9.54 Å². The highest BCUT2D eigenvalue weighted by Gasteiger charge is 2.29. The number of H-pyrrole nitrogens is 4. The number of aromatic hydroxyl groups is 1. The van der Waals surface area contributed by atoms with Crippen LogP contribution in [0.2, 0.25) is 0 Å². The lowest BCUT2D eigenvalue weighted by atomic mass is 9.86. The molecule has 3 aromatic rings. The molecule has 0 spiro atoms. The van der Waals surface area contributed by atoms with Gasteiger partial charge in [-0.25, -0.2) is 0 Å². The van der Waals surface area contributed by atoms with Crippen molar-refractivity contribution in [3.05, 3.63) is 70.7 Å². The molecule has 0 bridgehead atoms. The van der Waals surface area contributed by atoms with Gasteiger partial charge in [-0.2, -0.15) is 0 Å². The molecule has 1 aromatic carbocycles. The molecule has 12 heteroatoms. The van der Waals surface area contributed by atoms with Crippen molar-refractivity contribution in [1.29, 1.82) is 0 Å². The van der Waals surface area contributed by atoms with E-state index in [0.717, 1.165) is 31.5 Å². The average molecular weight is 490 g/mol. The van der Waals surface area contributed by atoms with Gasteiger partial charge in [-0.1, -0.05) is 6.07 Å². The molecule has 1 fully saturated rings. The molecule has 0 saturated carbocycles. The molecular formula is C21H23N5O5S2. The van der Waals surface area contributed by atoms with Crippen molar-refractivity contribution in [1.82, 2.24) is 19.9 Å². The maximum Gasteiger partial charge on any atom is 0.259 e. The predicted molar refractivity (Wildman–Crippen MR) is 123 cm³/mol. The largest absolute Gasteiger partial charge is 0.860 e. The maximum absolute atomic E-state index is 12.8. The lowest BCUT2D eigenvalue weighted by molar-refractivity contribution is -0.901. The van der Waals surface area contributed by atoms with Gasteiger partial charge in [0.15, 0.2) is 15.4 Å². The Kier molecular flexibility index (Phi) is 6.49. The van der Waals surface area contributed by atoms with E-state index in [1.165, 1.54) is 4.90 Å². The molecule has 0 radical (unpaired) electrons. The lowest BCUT2D eigenvalue weighted by Gasteiger charge is -2.24. The average Bonchev–Trinajstić information content (AvgIpc) is 3.24. The SMILES string of the molecule is COc1ccc(C(c2c([O-])[nH]c(=S)[nH]c2=O)c2c(O)[nH]c(=S)[nH]c2=O)cc1C[NH+]1CCCC1. The van der Waals surface area contributed by atoms with E-state index in [2.05, 4.69) is 19.9 Å². The first-order valence-corrected chi connectivity index (χ1v) is 11.2. The van der Waals surface area contributed by atoms with Crippen LogP contribution in [0.15, 0.2) is 27.8 Å². The second kappa shape index (κ2) is 9.33. The van der Waals surface area contributed by atoms with Crippen molar-refractivity contribution in [2.24, 2.45) is 0 Å². The van der Waals surface area contributed by atoms with E-state index in [-0.39, 0.29) is 20.7 Å². The van der Waals surface area contributed by atoms with Gasteiger partial charge in [0.1, 0.15) is 12.3 Å². The first-order chi connectivity index (χ1) is 15.8. The van der Waals surface area contributed by atoms with Gasteiger partial charge in [-0.3, -0.25) is 19.6 Å². The number of aromatic amines is 4. The number of ether oxygens (including phenoxy) is 1. The number of aromatic nitrogens is 4. The third kappa shape index (κ3) is 4.63. The van der Waals surface area contributed by atoms with Crippen LogP contribution in [0.1, 0.15) is 41.0 Å². The lowest BCUT2D eigenvalue weighted by Crippen LogP contribution is -3.08. The molecular weight excluding hydrogens is 466 g/mol. The minimum absolute atomic E-state index is 0.0863. The van der Waals surface area contributed by atoms with E-state index in [9.17, 15) is 19.8 Å². The van der Waals surface area contributed by atoms with Gasteiger partial charge < -0.3 is 29.8 Å². The number of methoxy groups -OCH3 is 1. The number of likely N-dealkylation sites (tertiary alicyclic amines) is 1. The minimum atomic E-state index is -1.19. The molecule has 1 unspecified atom stereocenters. The quantitative estimate of drug-likeness (QED) is 0.273. The van der Waals surface area contributed by atoms with Crippen LogP contribution in [0.3, 0.4) is 0 Å². The number of hydrogen-bond donors (Lipinski definition) is 6. The topological polar surface area (TPSA) is 154 Å². The standard InChI is InChI=1S/C21H23N5O5S2/c1-31-12-5-4-10(8-11(12)9-26-6-2-3-7-26)13(14-16(27)22-20(32)23-17(14)28)15-18(29)24-21(33)25-19(15)30/h4-5,8,13H,2-3,6-7,9H2,1H3,(H3,22,23,27,28,32)(H3,24,25,29,30,33). The Hall–Kier alpha value is -3.22. The first kappa shape index (κ1) is 23.0. The van der Waals surface area contributed by atoms with E-state index in [1.54, 1.807) is 25.3 Å². The van der Waals surface area contributed by atoms with Gasteiger partial charge in [-0.15, -0.1) is 0 Å². The predicted octanol–water partition coefficient (Wildman–Crippen LogP) is 0.325. The molecule has 1 aliphatic rings. The fourth-order valence-corrected chi connectivity index (χ4v) is 4.78. The van der Waals surface area contributed by atoms with Crippen molar-refractivity contribution in [3.63, 3.8) is 0 Å². The molecule has 1 aliphatic heterocycles. The third-order valence-electron chi connectivity index (χ3n) is 5.87. The molecule has 174 valence electrons. The van der Waals surface area contributed by atoms with Crippen LogP contribution in [0.25, 0.3) is 0 Å². The van der Waals surface area contributed by atoms with Crippen LogP contribution < -0.4 is 25.9 Å². The van der Waals surface area contributed by atoms with Crippen molar-refractivity contribution in [2.45, 2.75) is 25.3 Å². The highest BCUT2D eigenvalue weighted by Crippen LogP contribution is 2.36. The highest BCUT2D eigenvalue weighted by molar-refractivity contribution is 7.71. The Morgan fingerprint density at radius 3 is 2.30 bits per heavy atom. The van der Waals surface area contributed by atoms with Gasteiger partial charge in [0.25, 0.3) is 11.1 Å². The van der Waals surface area contributed by atoms with Gasteiger partial charge >= 0.3 is 0 Å². The van der Waals surface area contributed by atoms with Crippen molar-refractivity contribution in [2.75, 3.05) is 20.2 Å². The summed E-state index contributed by atoms with van der Waals surface area (Å²) in [5.74, 6) is -1.82. The van der Waals surface area contributed by atoms with Crippen LogP contribution >= 0.6 is 24.4 Å². The summed E-state index contributed by atoms with van der Waals surface area (Å²) < 4.78 is 5.31. The summed E-state index contributed by atoms with van der Waals surface area (Å²) in [6.07, 6.45) is 2.29. The van der Waals surface area contributed by atoms with Gasteiger partial charge in [0.05, 0.1) is 31.7 Å². The Morgan fingerprint density at radius 2 is 1.70 bits per heavy atom. The second-order valence-electron chi connectivity index (χ2n) is 7.96. The van der Waals surface area contributed by atoms with Crippen LogP contribution in [-0.2, 0) is 6.54 Å². The third-order valence-corrected chi connectivity index (χ3v) is 6.28. The summed E-state index contributed by atoms with van der Waals surface area (Å²) in [6.45, 7) is 2.75. The normalized spacial score (nSPS) is 14.9. The van der Waals surface area contributed by atoms with E-state index in [0.29, 0.717) is 17.9 Å². The molecule has 0 aliphatic carbocycles. The monoisotopic (exact) mass is 489 g/mol. The number of hydrogen-bond acceptors (Lipinski definition) is 7. The Labute approximate surface area is 197 Å². The minimum Gasteiger partial charge on any atom is -0.860 e. The summed E-state index contributed by atoms with van der Waals surface area (Å²) in [7, 11) is 1.57. The number of nitrogens with one attached hydrogen (secondary N) is 5. The number of rotatable bonds is 6. The van der Waals surface area contributed by atoms with Gasteiger partial charge in [0.2, 0.25) is 0 Å². The van der Waals surface area contributed by atoms with Gasteiger partial charge in [-0.05, 0) is 48.0 Å². The fourth-order valence-electron chi connectivity index (χ4n) is 4.40. The summed E-state index contributed by atoms with van der Waals surface area (Å²) in [6, 6.07) is 5.19. The number of benzene rings is 1. The summed E-state index contributed by atoms with van der Waals surface area (Å²) in [5, 5.41) is 23.4. The molecule has 6 N–H and O–H groups in total. The van der Waals surface area contributed by atoms with E-state index in [4.69, 9.17) is 29.2 Å². The smallest absolute Gasteiger partial charge is 0.259 e. The van der Waals surface area contributed by atoms with Crippen molar-refractivity contribution >= 4 is 24.4 Å². The zero-order valence-corrected chi connectivity index (χ0v) is 19.4. The Morgan fingerprint density at radius 1 is 1.06 bits per heavy atom. The molecule has 0 amide bonds. The molecule has 2 aromatic heterocycles. The second-order valence-corrected chi connectivity index (χ2v) is 8.78. The van der Waals surface area contributed by atoms with Gasteiger partial charge in [0, 0.05) is 24.0 Å². The maximum atomic E-state index is 12.8. The summed E-state index contributed by atoms with van der Waals surface area (Å²) >= 11 is 9.83. The molecule has 33 heavy (non-hydrogen) atoms. The Balaban J connectivity index is 1.97. The fraction of sp³-hybridized carbons (Fsp3) is 0.333. The van der Waals surface area contributed by atoms with E-state index < -0.39 is 28.8 Å². The number of quaternary nitrogens is 1. The summed E-state index contributed by atoms with van der Waals surface area (Å²) in [4.78, 5) is 36.8. The molecule has 1 atom stereocenters. The molecule has 10 nitrogen and oxygen atoms in total. The van der Waals surface area contributed by atoms with Crippen LogP contribution in [-0.4, -0.2) is 45.2 Å². The zero-order chi connectivity index (χ0) is 23.7.